The van der Waals surface area contributed by atoms with Crippen LogP contribution in [0.25, 0.3) is 0 Å². The maximum Gasteiger partial charge on any atom is 0.272 e. The molecule has 126 valence electrons. The van der Waals surface area contributed by atoms with Crippen molar-refractivity contribution >= 4 is 17.6 Å². The number of amides is 1. The number of piperidine rings is 1. The first-order chi connectivity index (χ1) is 11.6. The minimum absolute atomic E-state index is 0.129. The van der Waals surface area contributed by atoms with Crippen LogP contribution in [0.3, 0.4) is 0 Å². The van der Waals surface area contributed by atoms with Crippen molar-refractivity contribution in [1.29, 1.82) is 0 Å². The number of aromatic nitrogens is 2. The van der Waals surface area contributed by atoms with Crippen LogP contribution in [0.4, 0.5) is 5.82 Å². The lowest BCUT2D eigenvalue weighted by molar-refractivity contribution is -0.132. The highest BCUT2D eigenvalue weighted by molar-refractivity contribution is 5.96. The number of hydrogen-bond acceptors (Lipinski definition) is 4. The van der Waals surface area contributed by atoms with E-state index in [0.717, 1.165) is 12.0 Å². The van der Waals surface area contributed by atoms with Crippen molar-refractivity contribution in [2.75, 3.05) is 11.4 Å². The van der Waals surface area contributed by atoms with Crippen molar-refractivity contribution in [2.24, 2.45) is 17.9 Å². The second-order valence-electron chi connectivity index (χ2n) is 5.82. The number of benzene rings is 1. The molecule has 1 saturated heterocycles. The maximum absolute atomic E-state index is 12.5. The van der Waals surface area contributed by atoms with Gasteiger partial charge in [0.2, 0.25) is 6.10 Å². The fourth-order valence-corrected chi connectivity index (χ4v) is 2.68. The number of aryl methyl sites for hydroxylation is 1. The first-order valence-electron chi connectivity index (χ1n) is 7.96. The minimum Gasteiger partial charge on any atom is -0.384 e. The Morgan fingerprint density at radius 2 is 2.17 bits per heavy atom. The van der Waals surface area contributed by atoms with Crippen molar-refractivity contribution in [2.45, 2.75) is 25.4 Å². The fraction of sp³-hybridized carbons (Fsp3) is 0.353. The second-order valence-corrected chi connectivity index (χ2v) is 5.82. The fourth-order valence-electron chi connectivity index (χ4n) is 2.68. The van der Waals surface area contributed by atoms with Crippen LogP contribution in [0.5, 0.6) is 0 Å². The predicted octanol–water partition coefficient (Wildman–Crippen LogP) is 1.45. The summed E-state index contributed by atoms with van der Waals surface area (Å²) in [5.74, 6) is 0.859. The normalized spacial score (nSPS) is 18.7. The minimum atomic E-state index is -0.616. The predicted molar refractivity (Wildman–Crippen MR) is 91.4 cm³/mol. The Morgan fingerprint density at radius 1 is 1.38 bits per heavy atom. The summed E-state index contributed by atoms with van der Waals surface area (Å²) in [6.45, 7) is 0.638. The Kier molecular flexibility index (Phi) is 4.79. The molecule has 1 aromatic carbocycles. The SMILES string of the molecule is Cn1ccc(N2CCCC(ON=C(N)Cc3ccccc3)C2=O)n1. The Morgan fingerprint density at radius 3 is 2.88 bits per heavy atom. The Hall–Kier alpha value is -2.83. The molecule has 24 heavy (non-hydrogen) atoms. The first-order valence-corrected chi connectivity index (χ1v) is 7.96. The van der Waals surface area contributed by atoms with Crippen LogP contribution in [0.1, 0.15) is 18.4 Å². The molecule has 0 aliphatic carbocycles. The third-order valence-electron chi connectivity index (χ3n) is 3.89. The van der Waals surface area contributed by atoms with Crippen LogP contribution in [0.2, 0.25) is 0 Å². The first kappa shape index (κ1) is 16.0. The van der Waals surface area contributed by atoms with E-state index in [4.69, 9.17) is 10.6 Å². The number of oxime groups is 1. The third-order valence-corrected chi connectivity index (χ3v) is 3.89. The molecule has 3 rings (SSSR count). The van der Waals surface area contributed by atoms with Crippen molar-refractivity contribution in [1.82, 2.24) is 9.78 Å². The van der Waals surface area contributed by atoms with Gasteiger partial charge >= 0.3 is 0 Å². The van der Waals surface area contributed by atoms with Crippen molar-refractivity contribution in [3.8, 4) is 0 Å². The summed E-state index contributed by atoms with van der Waals surface area (Å²) >= 11 is 0. The summed E-state index contributed by atoms with van der Waals surface area (Å²) < 4.78 is 1.67. The van der Waals surface area contributed by atoms with Gasteiger partial charge in [-0.1, -0.05) is 35.5 Å². The van der Waals surface area contributed by atoms with Crippen LogP contribution < -0.4 is 10.6 Å². The molecule has 7 heteroatoms. The zero-order valence-corrected chi connectivity index (χ0v) is 13.6. The summed E-state index contributed by atoms with van der Waals surface area (Å²) in [7, 11) is 1.82. The van der Waals surface area contributed by atoms with E-state index in [1.54, 1.807) is 9.58 Å². The largest absolute Gasteiger partial charge is 0.384 e. The average Bonchev–Trinajstić information content (AvgIpc) is 3.01. The van der Waals surface area contributed by atoms with Gasteiger partial charge in [0.05, 0.1) is 0 Å². The summed E-state index contributed by atoms with van der Waals surface area (Å²) in [4.78, 5) is 19.6. The molecule has 1 amide bonds. The molecule has 0 bridgehead atoms. The number of nitrogens with zero attached hydrogens (tertiary/aromatic N) is 4. The lowest BCUT2D eigenvalue weighted by atomic mass is 10.1. The smallest absolute Gasteiger partial charge is 0.272 e. The van der Waals surface area contributed by atoms with Gasteiger partial charge in [-0.2, -0.15) is 5.10 Å². The van der Waals surface area contributed by atoms with E-state index in [-0.39, 0.29) is 5.91 Å². The Balaban J connectivity index is 1.62. The van der Waals surface area contributed by atoms with Gasteiger partial charge in [-0.3, -0.25) is 14.4 Å². The van der Waals surface area contributed by atoms with Crippen LogP contribution in [-0.4, -0.2) is 34.2 Å². The zero-order chi connectivity index (χ0) is 16.9. The van der Waals surface area contributed by atoms with E-state index in [1.165, 1.54) is 0 Å². The third kappa shape index (κ3) is 3.73. The highest BCUT2D eigenvalue weighted by Crippen LogP contribution is 2.21. The molecule has 1 atom stereocenters. The topological polar surface area (TPSA) is 85.7 Å². The molecule has 1 aromatic heterocycles. The van der Waals surface area contributed by atoms with E-state index in [0.29, 0.717) is 31.0 Å². The molecule has 2 aromatic rings. The Labute approximate surface area is 140 Å². The highest BCUT2D eigenvalue weighted by Gasteiger charge is 2.32. The van der Waals surface area contributed by atoms with Gasteiger partial charge in [-0.25, -0.2) is 0 Å². The lowest BCUT2D eigenvalue weighted by Crippen LogP contribution is -2.45. The van der Waals surface area contributed by atoms with Gasteiger partial charge in [0.1, 0.15) is 5.84 Å². The molecular formula is C17H21N5O2. The van der Waals surface area contributed by atoms with E-state index in [9.17, 15) is 4.79 Å². The molecular weight excluding hydrogens is 306 g/mol. The van der Waals surface area contributed by atoms with Gasteiger partial charge in [0, 0.05) is 32.3 Å². The van der Waals surface area contributed by atoms with E-state index >= 15 is 0 Å². The van der Waals surface area contributed by atoms with Crippen molar-refractivity contribution in [3.05, 3.63) is 48.2 Å². The molecule has 2 N–H and O–H groups in total. The standard InChI is InChI=1S/C17H21N5O2/c1-21-11-9-16(19-21)22-10-5-8-14(17(22)23)24-20-15(18)12-13-6-3-2-4-7-13/h2-4,6-7,9,11,14H,5,8,10,12H2,1H3,(H2,18,20). The average molecular weight is 327 g/mol. The molecule has 1 aliphatic heterocycles. The number of carbonyl (C=O) groups excluding carboxylic acids is 1. The van der Waals surface area contributed by atoms with Crippen LogP contribution in [-0.2, 0) is 23.1 Å². The maximum atomic E-state index is 12.5. The number of carbonyl (C=O) groups is 1. The molecule has 2 heterocycles. The van der Waals surface area contributed by atoms with Crippen LogP contribution in [0.15, 0.2) is 47.8 Å². The number of rotatable bonds is 5. The highest BCUT2D eigenvalue weighted by atomic mass is 16.6. The second kappa shape index (κ2) is 7.16. The summed E-state index contributed by atoms with van der Waals surface area (Å²) in [6, 6.07) is 11.6. The van der Waals surface area contributed by atoms with Gasteiger partial charge in [0.15, 0.2) is 5.82 Å². The number of amidine groups is 1. The van der Waals surface area contributed by atoms with Crippen LogP contribution in [0, 0.1) is 0 Å². The van der Waals surface area contributed by atoms with E-state index < -0.39 is 6.10 Å². The zero-order valence-electron chi connectivity index (χ0n) is 13.6. The van der Waals surface area contributed by atoms with E-state index in [2.05, 4.69) is 10.3 Å². The van der Waals surface area contributed by atoms with Gasteiger partial charge in [-0.15, -0.1) is 0 Å². The number of hydrogen-bond donors (Lipinski definition) is 1. The quantitative estimate of drug-likeness (QED) is 0.511. The molecule has 0 radical (unpaired) electrons. The van der Waals surface area contributed by atoms with Crippen molar-refractivity contribution < 1.29 is 9.63 Å². The molecule has 0 spiro atoms. The molecule has 1 fully saturated rings. The monoisotopic (exact) mass is 327 g/mol. The van der Waals surface area contributed by atoms with Gasteiger partial charge in [0.25, 0.3) is 5.91 Å². The number of nitrogens with two attached hydrogens (primary N) is 1. The van der Waals surface area contributed by atoms with E-state index in [1.807, 2.05) is 49.6 Å². The van der Waals surface area contributed by atoms with Gasteiger partial charge < -0.3 is 10.6 Å². The Bertz CT molecular complexity index is 726. The molecule has 7 nitrogen and oxygen atoms in total. The summed E-state index contributed by atoms with van der Waals surface area (Å²) in [5.41, 5.74) is 6.95. The lowest BCUT2D eigenvalue weighted by Gasteiger charge is -2.29. The van der Waals surface area contributed by atoms with Crippen molar-refractivity contribution in [3.63, 3.8) is 0 Å². The summed E-state index contributed by atoms with van der Waals surface area (Å²) in [5, 5.41) is 8.22. The molecule has 1 aliphatic rings. The van der Waals surface area contributed by atoms with Gasteiger partial charge in [-0.05, 0) is 18.4 Å². The molecule has 1 unspecified atom stereocenters. The van der Waals surface area contributed by atoms with Crippen LogP contribution >= 0.6 is 0 Å². The molecule has 0 saturated carbocycles. The number of anilines is 1. The summed E-state index contributed by atoms with van der Waals surface area (Å²) in [6.07, 6.45) is 3.15.